The van der Waals surface area contributed by atoms with E-state index in [1.54, 1.807) is 6.92 Å². The Bertz CT molecular complexity index is 699. The second-order valence-electron chi connectivity index (χ2n) is 6.06. The van der Waals surface area contributed by atoms with E-state index in [2.05, 4.69) is 24.6 Å². The Hall–Kier alpha value is -1.28. The van der Waals surface area contributed by atoms with Crippen LogP contribution in [0, 0.1) is 6.92 Å². The molecule has 3 heteroatoms. The van der Waals surface area contributed by atoms with E-state index in [1.807, 2.05) is 6.07 Å². The first-order valence-corrected chi connectivity index (χ1v) is 7.63. The molecule has 0 aliphatic heterocycles. The lowest BCUT2D eigenvalue weighted by Gasteiger charge is -2.23. The molecule has 106 valence electrons. The van der Waals surface area contributed by atoms with Crippen LogP contribution in [0.25, 0.3) is 10.9 Å². The molecule has 0 saturated heterocycles. The summed E-state index contributed by atoms with van der Waals surface area (Å²) in [6.07, 6.45) is 4.00. The van der Waals surface area contributed by atoms with Gasteiger partial charge in [0.25, 0.3) is 0 Å². The van der Waals surface area contributed by atoms with Crippen LogP contribution in [0.15, 0.2) is 12.1 Å². The van der Waals surface area contributed by atoms with Gasteiger partial charge in [-0.15, -0.1) is 0 Å². The van der Waals surface area contributed by atoms with Crippen molar-refractivity contribution in [2.75, 3.05) is 0 Å². The number of hydrogen-bond acceptors (Lipinski definition) is 1. The number of nitrogens with zero attached hydrogens (tertiary/aromatic N) is 1. The standard InChI is InChI=1S/C17H20ClNO/c1-10-7-13-16-12(9-11(2)20)5-4-6-15(16)19(3)17(13)14(18)8-10/h7-8,12H,4-6,9H2,1-3H3. The van der Waals surface area contributed by atoms with Crippen molar-refractivity contribution in [3.05, 3.63) is 34.0 Å². The highest BCUT2D eigenvalue weighted by atomic mass is 35.5. The van der Waals surface area contributed by atoms with Crippen molar-refractivity contribution in [3.63, 3.8) is 0 Å². The third kappa shape index (κ3) is 2.07. The predicted octanol–water partition coefficient (Wildman–Crippen LogP) is 4.54. The van der Waals surface area contributed by atoms with Gasteiger partial charge in [-0.1, -0.05) is 11.6 Å². The van der Waals surface area contributed by atoms with Crippen LogP contribution in [-0.2, 0) is 18.3 Å². The molecule has 1 heterocycles. The van der Waals surface area contributed by atoms with Gasteiger partial charge in [-0.2, -0.15) is 0 Å². The fourth-order valence-corrected chi connectivity index (χ4v) is 4.12. The molecule has 1 unspecified atom stereocenters. The van der Waals surface area contributed by atoms with E-state index in [0.717, 1.165) is 29.8 Å². The SMILES string of the molecule is CC(=O)CC1CCCc2c1c1cc(C)cc(Cl)c1n2C. The Balaban J connectivity index is 2.29. The molecule has 1 aromatic heterocycles. The normalized spacial score (nSPS) is 18.3. The maximum Gasteiger partial charge on any atom is 0.130 e. The van der Waals surface area contributed by atoms with E-state index in [9.17, 15) is 4.79 Å². The van der Waals surface area contributed by atoms with Gasteiger partial charge in [-0.3, -0.25) is 0 Å². The number of fused-ring (bicyclic) bond motifs is 3. The number of carbonyl (C=O) groups is 1. The van der Waals surface area contributed by atoms with Gasteiger partial charge in [0.15, 0.2) is 0 Å². The molecular weight excluding hydrogens is 270 g/mol. The first-order chi connectivity index (χ1) is 9.49. The number of aromatic nitrogens is 1. The van der Waals surface area contributed by atoms with Crippen LogP contribution >= 0.6 is 11.6 Å². The number of aryl methyl sites for hydroxylation is 2. The van der Waals surface area contributed by atoms with Gasteiger partial charge in [0.2, 0.25) is 0 Å². The minimum Gasteiger partial charge on any atom is -0.346 e. The fraction of sp³-hybridized carbons (Fsp3) is 0.471. The average Bonchev–Trinajstić information content (AvgIpc) is 2.63. The van der Waals surface area contributed by atoms with Crippen molar-refractivity contribution < 1.29 is 4.79 Å². The lowest BCUT2D eigenvalue weighted by atomic mass is 9.82. The molecule has 2 nitrogen and oxygen atoms in total. The van der Waals surface area contributed by atoms with Crippen molar-refractivity contribution in [2.24, 2.45) is 7.05 Å². The second-order valence-corrected chi connectivity index (χ2v) is 6.46. The maximum atomic E-state index is 11.6. The van der Waals surface area contributed by atoms with Crippen molar-refractivity contribution >= 4 is 28.3 Å². The second kappa shape index (κ2) is 4.92. The Morgan fingerprint density at radius 1 is 1.45 bits per heavy atom. The van der Waals surface area contributed by atoms with Crippen LogP contribution < -0.4 is 0 Å². The molecule has 1 aromatic carbocycles. The summed E-state index contributed by atoms with van der Waals surface area (Å²) in [7, 11) is 2.10. The monoisotopic (exact) mass is 289 g/mol. The summed E-state index contributed by atoms with van der Waals surface area (Å²) in [5.41, 5.74) is 5.04. The van der Waals surface area contributed by atoms with E-state index >= 15 is 0 Å². The molecule has 1 atom stereocenters. The highest BCUT2D eigenvalue weighted by Crippen LogP contribution is 2.42. The topological polar surface area (TPSA) is 22.0 Å². The number of Topliss-reactive ketones (excluding diaryl/α,β-unsaturated/α-hetero) is 1. The highest BCUT2D eigenvalue weighted by molar-refractivity contribution is 6.35. The Kier molecular flexibility index (Phi) is 3.37. The summed E-state index contributed by atoms with van der Waals surface area (Å²) < 4.78 is 2.23. The molecule has 0 amide bonds. The van der Waals surface area contributed by atoms with Crippen LogP contribution in [-0.4, -0.2) is 10.4 Å². The zero-order valence-electron chi connectivity index (χ0n) is 12.3. The molecule has 0 radical (unpaired) electrons. The quantitative estimate of drug-likeness (QED) is 0.795. The van der Waals surface area contributed by atoms with Crippen LogP contribution in [0.3, 0.4) is 0 Å². The molecule has 1 aliphatic rings. The van der Waals surface area contributed by atoms with E-state index in [4.69, 9.17) is 11.6 Å². The Morgan fingerprint density at radius 3 is 2.90 bits per heavy atom. The number of hydrogen-bond donors (Lipinski definition) is 0. The number of rotatable bonds is 2. The molecular formula is C17H20ClNO. The molecule has 0 N–H and O–H groups in total. The van der Waals surface area contributed by atoms with E-state index < -0.39 is 0 Å². The fourth-order valence-electron chi connectivity index (χ4n) is 3.72. The van der Waals surface area contributed by atoms with Crippen molar-refractivity contribution in [2.45, 2.75) is 45.4 Å². The Labute approximate surface area is 124 Å². The number of ketones is 1. The van der Waals surface area contributed by atoms with Crippen LogP contribution in [0.1, 0.15) is 48.9 Å². The first-order valence-electron chi connectivity index (χ1n) is 7.25. The molecule has 0 saturated carbocycles. The summed E-state index contributed by atoms with van der Waals surface area (Å²) in [6.45, 7) is 3.77. The zero-order valence-corrected chi connectivity index (χ0v) is 13.0. The number of benzene rings is 1. The predicted molar refractivity (Wildman–Crippen MR) is 83.6 cm³/mol. The number of carbonyl (C=O) groups excluding carboxylic acids is 1. The molecule has 0 bridgehead atoms. The van der Waals surface area contributed by atoms with Gasteiger partial charge in [-0.05, 0) is 62.3 Å². The molecule has 20 heavy (non-hydrogen) atoms. The third-order valence-corrected chi connectivity index (χ3v) is 4.75. The first kappa shape index (κ1) is 13.7. The van der Waals surface area contributed by atoms with Crippen LogP contribution in [0.5, 0.6) is 0 Å². The van der Waals surface area contributed by atoms with E-state index in [1.165, 1.54) is 22.2 Å². The van der Waals surface area contributed by atoms with Gasteiger partial charge < -0.3 is 9.36 Å². The lowest BCUT2D eigenvalue weighted by Crippen LogP contribution is -2.13. The van der Waals surface area contributed by atoms with Gasteiger partial charge in [0.1, 0.15) is 5.78 Å². The van der Waals surface area contributed by atoms with Gasteiger partial charge in [-0.25, -0.2) is 0 Å². The summed E-state index contributed by atoms with van der Waals surface area (Å²) in [4.78, 5) is 11.6. The molecule has 1 aliphatic carbocycles. The lowest BCUT2D eigenvalue weighted by molar-refractivity contribution is -0.117. The molecule has 0 spiro atoms. The van der Waals surface area contributed by atoms with E-state index in [-0.39, 0.29) is 5.78 Å². The summed E-state index contributed by atoms with van der Waals surface area (Å²) >= 11 is 6.45. The van der Waals surface area contributed by atoms with Gasteiger partial charge in [0.05, 0.1) is 10.5 Å². The van der Waals surface area contributed by atoms with Crippen molar-refractivity contribution in [3.8, 4) is 0 Å². The molecule has 3 rings (SSSR count). The van der Waals surface area contributed by atoms with Gasteiger partial charge >= 0.3 is 0 Å². The Morgan fingerprint density at radius 2 is 2.20 bits per heavy atom. The van der Waals surface area contributed by atoms with Crippen molar-refractivity contribution in [1.29, 1.82) is 0 Å². The van der Waals surface area contributed by atoms with Crippen molar-refractivity contribution in [1.82, 2.24) is 4.57 Å². The van der Waals surface area contributed by atoms with E-state index in [0.29, 0.717) is 12.3 Å². The third-order valence-electron chi connectivity index (χ3n) is 4.46. The number of halogens is 1. The minimum absolute atomic E-state index is 0.276. The highest BCUT2D eigenvalue weighted by Gasteiger charge is 2.28. The van der Waals surface area contributed by atoms with Crippen LogP contribution in [0.2, 0.25) is 5.02 Å². The summed E-state index contributed by atoms with van der Waals surface area (Å²) in [5.74, 6) is 0.636. The summed E-state index contributed by atoms with van der Waals surface area (Å²) in [6, 6.07) is 4.24. The smallest absolute Gasteiger partial charge is 0.130 e. The summed E-state index contributed by atoms with van der Waals surface area (Å²) in [5, 5.41) is 2.07. The van der Waals surface area contributed by atoms with Gasteiger partial charge in [0, 0.05) is 24.5 Å². The maximum absolute atomic E-state index is 11.6. The molecule has 2 aromatic rings. The largest absolute Gasteiger partial charge is 0.346 e. The minimum atomic E-state index is 0.276. The average molecular weight is 290 g/mol. The molecule has 0 fully saturated rings. The zero-order chi connectivity index (χ0) is 14.4. The van der Waals surface area contributed by atoms with Crippen LogP contribution in [0.4, 0.5) is 0 Å².